The smallest absolute Gasteiger partial charge is 0.101 e. The van der Waals surface area contributed by atoms with Gasteiger partial charge in [-0.05, 0) is 30.5 Å². The molecule has 0 N–H and O–H groups in total. The lowest BCUT2D eigenvalue weighted by Gasteiger charge is -2.30. The van der Waals surface area contributed by atoms with E-state index in [0.717, 1.165) is 16.8 Å². The number of nitrogens with zero attached hydrogens (tertiary/aromatic N) is 2. The van der Waals surface area contributed by atoms with E-state index in [1.165, 1.54) is 38.5 Å². The van der Waals surface area contributed by atoms with Crippen molar-refractivity contribution in [2.75, 3.05) is 11.9 Å². The number of hydrogen-bond donors (Lipinski definition) is 0. The fourth-order valence-corrected chi connectivity index (χ4v) is 3.07. The predicted molar refractivity (Wildman–Crippen MR) is 80.6 cm³/mol. The van der Waals surface area contributed by atoms with Gasteiger partial charge in [-0.25, -0.2) is 0 Å². The summed E-state index contributed by atoms with van der Waals surface area (Å²) < 4.78 is 0. The molecule has 0 heterocycles. The van der Waals surface area contributed by atoms with Crippen LogP contribution in [0.3, 0.4) is 0 Å². The summed E-state index contributed by atoms with van der Waals surface area (Å²) in [6, 6.07) is 8.85. The Kier molecular flexibility index (Phi) is 5.10. The van der Waals surface area contributed by atoms with E-state index in [2.05, 4.69) is 18.0 Å². The van der Waals surface area contributed by atoms with Crippen LogP contribution >= 0.6 is 11.6 Å². The highest BCUT2D eigenvalue weighted by atomic mass is 35.5. The first-order valence-corrected chi connectivity index (χ1v) is 7.61. The van der Waals surface area contributed by atoms with Crippen LogP contribution in [0.2, 0.25) is 0 Å². The van der Waals surface area contributed by atoms with Gasteiger partial charge >= 0.3 is 0 Å². The molecule has 0 atom stereocenters. The third-order valence-corrected chi connectivity index (χ3v) is 4.40. The summed E-state index contributed by atoms with van der Waals surface area (Å²) in [5.41, 5.74) is 2.80. The molecule has 1 aliphatic rings. The minimum atomic E-state index is 0.460. The van der Waals surface area contributed by atoms with E-state index in [9.17, 15) is 5.26 Å². The first-order chi connectivity index (χ1) is 9.26. The summed E-state index contributed by atoms with van der Waals surface area (Å²) in [5, 5.41) is 9.32. The second kappa shape index (κ2) is 6.82. The average molecular weight is 277 g/mol. The first-order valence-electron chi connectivity index (χ1n) is 7.08. The van der Waals surface area contributed by atoms with Crippen molar-refractivity contribution in [1.29, 1.82) is 5.26 Å². The Hall–Kier alpha value is -1.20. The number of benzene rings is 1. The molecule has 1 aromatic rings. The normalized spacial score (nSPS) is 16.7. The average Bonchev–Trinajstić information content (AvgIpc) is 2.74. The second-order valence-corrected chi connectivity index (χ2v) is 5.62. The van der Waals surface area contributed by atoms with Gasteiger partial charge in [0, 0.05) is 19.0 Å². The minimum absolute atomic E-state index is 0.460. The molecule has 1 fully saturated rings. The first kappa shape index (κ1) is 14.2. The van der Waals surface area contributed by atoms with Crippen LogP contribution in [0.15, 0.2) is 18.2 Å². The summed E-state index contributed by atoms with van der Waals surface area (Å²) in [4.78, 5) is 2.29. The molecule has 0 aromatic heterocycles. The largest absolute Gasteiger partial charge is 0.371 e. The molecule has 2 nitrogen and oxygen atoms in total. The Labute approximate surface area is 121 Å². The van der Waals surface area contributed by atoms with Gasteiger partial charge in [-0.1, -0.05) is 31.7 Å². The molecule has 1 saturated carbocycles. The van der Waals surface area contributed by atoms with Crippen molar-refractivity contribution >= 4 is 17.3 Å². The van der Waals surface area contributed by atoms with Crippen molar-refractivity contribution in [3.8, 4) is 6.07 Å². The molecule has 19 heavy (non-hydrogen) atoms. The summed E-state index contributed by atoms with van der Waals surface area (Å²) >= 11 is 5.84. The molecule has 3 heteroatoms. The highest BCUT2D eigenvalue weighted by molar-refractivity contribution is 6.17. The van der Waals surface area contributed by atoms with E-state index in [1.807, 2.05) is 18.2 Å². The van der Waals surface area contributed by atoms with Crippen LogP contribution in [-0.2, 0) is 5.88 Å². The lowest BCUT2D eigenvalue weighted by Crippen LogP contribution is -2.31. The summed E-state index contributed by atoms with van der Waals surface area (Å²) in [7, 11) is 2.12. The number of anilines is 1. The number of rotatable bonds is 3. The van der Waals surface area contributed by atoms with Gasteiger partial charge in [0.15, 0.2) is 0 Å². The lowest BCUT2D eigenvalue weighted by atomic mass is 10.0. The molecule has 2 rings (SSSR count). The monoisotopic (exact) mass is 276 g/mol. The van der Waals surface area contributed by atoms with Gasteiger partial charge in [-0.15, -0.1) is 11.6 Å². The summed E-state index contributed by atoms with van der Waals surface area (Å²) in [5.74, 6) is 0.460. The number of alkyl halides is 1. The van der Waals surface area contributed by atoms with Crippen LogP contribution in [0, 0.1) is 11.3 Å². The Balaban J connectivity index is 2.22. The Morgan fingerprint density at radius 1 is 1.26 bits per heavy atom. The number of nitriles is 1. The highest BCUT2D eigenvalue weighted by Crippen LogP contribution is 2.28. The maximum atomic E-state index is 9.32. The zero-order valence-corrected chi connectivity index (χ0v) is 12.3. The van der Waals surface area contributed by atoms with Crippen LogP contribution in [0.4, 0.5) is 5.69 Å². The van der Waals surface area contributed by atoms with E-state index >= 15 is 0 Å². The van der Waals surface area contributed by atoms with Crippen molar-refractivity contribution in [3.63, 3.8) is 0 Å². The van der Waals surface area contributed by atoms with E-state index in [4.69, 9.17) is 11.6 Å². The van der Waals surface area contributed by atoms with Gasteiger partial charge in [0.05, 0.1) is 11.3 Å². The van der Waals surface area contributed by atoms with E-state index in [-0.39, 0.29) is 0 Å². The van der Waals surface area contributed by atoms with E-state index < -0.39 is 0 Å². The summed E-state index contributed by atoms with van der Waals surface area (Å²) in [6.07, 6.45) is 7.77. The molecule has 1 aliphatic carbocycles. The Morgan fingerprint density at radius 2 is 1.95 bits per heavy atom. The summed E-state index contributed by atoms with van der Waals surface area (Å²) in [6.45, 7) is 0. The quantitative estimate of drug-likeness (QED) is 0.602. The maximum Gasteiger partial charge on any atom is 0.101 e. The van der Waals surface area contributed by atoms with Gasteiger partial charge in [0.1, 0.15) is 6.07 Å². The molecule has 0 aliphatic heterocycles. The fraction of sp³-hybridized carbons (Fsp3) is 0.562. The molecule has 0 radical (unpaired) electrons. The molecule has 0 bridgehead atoms. The molecule has 0 unspecified atom stereocenters. The van der Waals surface area contributed by atoms with Crippen LogP contribution in [0.1, 0.15) is 49.7 Å². The SMILES string of the molecule is CN(c1ccc(CCl)cc1C#N)C1CCCCCC1. The molecular weight excluding hydrogens is 256 g/mol. The molecule has 102 valence electrons. The molecule has 0 saturated heterocycles. The molecular formula is C16H21ClN2. The topological polar surface area (TPSA) is 27.0 Å². The van der Waals surface area contributed by atoms with Gasteiger partial charge in [0.25, 0.3) is 0 Å². The van der Waals surface area contributed by atoms with Crippen molar-refractivity contribution in [1.82, 2.24) is 0 Å². The molecule has 0 spiro atoms. The third-order valence-electron chi connectivity index (χ3n) is 4.09. The van der Waals surface area contributed by atoms with Crippen molar-refractivity contribution < 1.29 is 0 Å². The van der Waals surface area contributed by atoms with Crippen LogP contribution < -0.4 is 4.90 Å². The Bertz CT molecular complexity index is 456. The maximum absolute atomic E-state index is 9.32. The minimum Gasteiger partial charge on any atom is -0.371 e. The van der Waals surface area contributed by atoms with E-state index in [0.29, 0.717) is 11.9 Å². The van der Waals surface area contributed by atoms with Crippen molar-refractivity contribution in [2.24, 2.45) is 0 Å². The van der Waals surface area contributed by atoms with Crippen molar-refractivity contribution in [2.45, 2.75) is 50.4 Å². The van der Waals surface area contributed by atoms with Gasteiger partial charge in [-0.3, -0.25) is 0 Å². The lowest BCUT2D eigenvalue weighted by molar-refractivity contribution is 0.553. The number of halogens is 1. The predicted octanol–water partition coefficient (Wildman–Crippen LogP) is 4.46. The van der Waals surface area contributed by atoms with Crippen LogP contribution in [0.25, 0.3) is 0 Å². The standard InChI is InChI=1S/C16H21ClN2/c1-19(15-6-4-2-3-5-7-15)16-9-8-13(11-17)10-14(16)12-18/h8-10,15H,2-7,11H2,1H3. The van der Waals surface area contributed by atoms with Crippen molar-refractivity contribution in [3.05, 3.63) is 29.3 Å². The zero-order valence-electron chi connectivity index (χ0n) is 11.5. The van der Waals surface area contributed by atoms with Crippen LogP contribution in [0.5, 0.6) is 0 Å². The van der Waals surface area contributed by atoms with E-state index in [1.54, 1.807) is 0 Å². The fourth-order valence-electron chi connectivity index (χ4n) is 2.91. The van der Waals surface area contributed by atoms with Gasteiger partial charge in [0.2, 0.25) is 0 Å². The van der Waals surface area contributed by atoms with Crippen LogP contribution in [-0.4, -0.2) is 13.1 Å². The highest BCUT2D eigenvalue weighted by Gasteiger charge is 2.19. The van der Waals surface area contributed by atoms with Gasteiger partial charge < -0.3 is 4.90 Å². The van der Waals surface area contributed by atoms with Gasteiger partial charge in [-0.2, -0.15) is 5.26 Å². The number of hydrogen-bond acceptors (Lipinski definition) is 2. The molecule has 0 amide bonds. The zero-order chi connectivity index (χ0) is 13.7. The second-order valence-electron chi connectivity index (χ2n) is 5.35. The Morgan fingerprint density at radius 3 is 2.53 bits per heavy atom. The third kappa shape index (κ3) is 3.42. The molecule has 1 aromatic carbocycles.